The molecule has 4 aromatic rings. The van der Waals surface area contributed by atoms with Crippen LogP contribution in [0.5, 0.6) is 0 Å². The van der Waals surface area contributed by atoms with Gasteiger partial charge >= 0.3 is 0 Å². The van der Waals surface area contributed by atoms with E-state index < -0.39 is 0 Å². The molecule has 0 spiro atoms. The van der Waals surface area contributed by atoms with Crippen molar-refractivity contribution in [3.05, 3.63) is 53.4 Å². The van der Waals surface area contributed by atoms with Crippen molar-refractivity contribution in [2.45, 2.75) is 25.9 Å². The van der Waals surface area contributed by atoms with Crippen LogP contribution < -0.4 is 5.32 Å². The smallest absolute Gasteiger partial charge is 0.152 e. The van der Waals surface area contributed by atoms with E-state index in [2.05, 4.69) is 30.0 Å². The predicted octanol–water partition coefficient (Wildman–Crippen LogP) is 3.65. The molecule has 1 aliphatic rings. The number of hydrogen-bond acceptors (Lipinski definition) is 6. The van der Waals surface area contributed by atoms with Crippen LogP contribution in [0.15, 0.2) is 36.0 Å². The SMILES string of the molecule is Fc1ccc(-c2csc3ncnc(NCc4nnc5n4CCC5)c23)cc1. The largest absolute Gasteiger partial charge is 0.362 e. The average molecular weight is 366 g/mol. The average Bonchev–Trinajstić information content (AvgIpc) is 3.37. The van der Waals surface area contributed by atoms with Crippen molar-refractivity contribution in [3.8, 4) is 11.1 Å². The summed E-state index contributed by atoms with van der Waals surface area (Å²) in [4.78, 5) is 9.69. The Morgan fingerprint density at radius 3 is 2.92 bits per heavy atom. The molecule has 0 aliphatic carbocycles. The summed E-state index contributed by atoms with van der Waals surface area (Å²) in [6.07, 6.45) is 3.67. The third-order valence-electron chi connectivity index (χ3n) is 4.63. The van der Waals surface area contributed by atoms with Crippen LogP contribution in [0.3, 0.4) is 0 Å². The molecule has 8 heteroatoms. The van der Waals surface area contributed by atoms with Gasteiger partial charge in [0.25, 0.3) is 0 Å². The van der Waals surface area contributed by atoms with Crippen LogP contribution >= 0.6 is 11.3 Å². The summed E-state index contributed by atoms with van der Waals surface area (Å²) >= 11 is 1.55. The van der Waals surface area contributed by atoms with Crippen molar-refractivity contribution in [3.63, 3.8) is 0 Å². The number of aromatic nitrogens is 5. The predicted molar refractivity (Wildman–Crippen MR) is 98.5 cm³/mol. The van der Waals surface area contributed by atoms with Gasteiger partial charge in [-0.25, -0.2) is 14.4 Å². The minimum absolute atomic E-state index is 0.247. The molecule has 6 nitrogen and oxygen atoms in total. The molecule has 0 radical (unpaired) electrons. The number of halogens is 1. The van der Waals surface area contributed by atoms with E-state index in [9.17, 15) is 4.39 Å². The van der Waals surface area contributed by atoms with Crippen LogP contribution in [0.1, 0.15) is 18.1 Å². The molecular formula is C18H15FN6S. The number of thiophene rings is 1. The summed E-state index contributed by atoms with van der Waals surface area (Å²) in [6.45, 7) is 1.52. The zero-order chi connectivity index (χ0) is 17.5. The highest BCUT2D eigenvalue weighted by molar-refractivity contribution is 7.17. The van der Waals surface area contributed by atoms with Crippen molar-refractivity contribution < 1.29 is 4.39 Å². The zero-order valence-corrected chi connectivity index (χ0v) is 14.6. The van der Waals surface area contributed by atoms with Gasteiger partial charge in [0.05, 0.1) is 11.9 Å². The Bertz CT molecular complexity index is 1080. The topological polar surface area (TPSA) is 68.5 Å². The Morgan fingerprint density at radius 2 is 2.04 bits per heavy atom. The Kier molecular flexibility index (Phi) is 3.63. The molecule has 0 atom stereocenters. The Morgan fingerprint density at radius 1 is 1.15 bits per heavy atom. The van der Waals surface area contributed by atoms with Gasteiger partial charge in [0.1, 0.15) is 28.6 Å². The molecular weight excluding hydrogens is 351 g/mol. The monoisotopic (exact) mass is 366 g/mol. The summed E-state index contributed by atoms with van der Waals surface area (Å²) in [5.41, 5.74) is 1.94. The molecule has 0 saturated heterocycles. The van der Waals surface area contributed by atoms with Crippen LogP contribution in [0, 0.1) is 5.82 Å². The summed E-state index contributed by atoms with van der Waals surface area (Å²) < 4.78 is 15.4. The van der Waals surface area contributed by atoms with Gasteiger partial charge in [-0.2, -0.15) is 0 Å². The first-order valence-corrected chi connectivity index (χ1v) is 9.30. The second-order valence-electron chi connectivity index (χ2n) is 6.20. The number of fused-ring (bicyclic) bond motifs is 2. The maximum Gasteiger partial charge on any atom is 0.152 e. The maximum absolute atomic E-state index is 13.3. The lowest BCUT2D eigenvalue weighted by molar-refractivity contribution is 0.628. The normalized spacial score (nSPS) is 13.3. The molecule has 26 heavy (non-hydrogen) atoms. The van der Waals surface area contributed by atoms with E-state index >= 15 is 0 Å². The van der Waals surface area contributed by atoms with E-state index in [0.29, 0.717) is 6.54 Å². The Hall–Kier alpha value is -2.87. The van der Waals surface area contributed by atoms with Gasteiger partial charge < -0.3 is 9.88 Å². The standard InChI is InChI=1S/C18H15FN6S/c19-12-5-3-11(4-6-12)13-9-26-18-16(13)17(21-10-22-18)20-8-15-24-23-14-2-1-7-25(14)15/h3-6,9-10H,1-2,7-8H2,(H,20,21,22). The van der Waals surface area contributed by atoms with Crippen LogP contribution in [0.25, 0.3) is 21.3 Å². The Labute approximate surface area is 152 Å². The molecule has 0 amide bonds. The van der Waals surface area contributed by atoms with Crippen LogP contribution in [-0.4, -0.2) is 24.7 Å². The number of nitrogens with one attached hydrogen (secondary N) is 1. The maximum atomic E-state index is 13.3. The second-order valence-corrected chi connectivity index (χ2v) is 7.06. The van der Waals surface area contributed by atoms with Crippen molar-refractivity contribution >= 4 is 27.4 Å². The van der Waals surface area contributed by atoms with Gasteiger partial charge in [0.15, 0.2) is 5.82 Å². The summed E-state index contributed by atoms with van der Waals surface area (Å²) in [7, 11) is 0. The first-order chi connectivity index (χ1) is 12.8. The molecule has 1 N–H and O–H groups in total. The molecule has 0 saturated carbocycles. The van der Waals surface area contributed by atoms with Crippen molar-refractivity contribution in [1.82, 2.24) is 24.7 Å². The summed E-state index contributed by atoms with van der Waals surface area (Å²) in [5, 5.41) is 14.9. The Balaban J connectivity index is 1.51. The molecule has 1 aromatic carbocycles. The van der Waals surface area contributed by atoms with Gasteiger partial charge in [0, 0.05) is 23.9 Å². The summed E-state index contributed by atoms with van der Waals surface area (Å²) in [6, 6.07) is 6.49. The van der Waals surface area contributed by atoms with Crippen molar-refractivity contribution in [2.75, 3.05) is 5.32 Å². The van der Waals surface area contributed by atoms with E-state index in [4.69, 9.17) is 0 Å². The molecule has 5 rings (SSSR count). The lowest BCUT2D eigenvalue weighted by Gasteiger charge is -2.08. The number of hydrogen-bond donors (Lipinski definition) is 1. The minimum atomic E-state index is -0.247. The fourth-order valence-electron chi connectivity index (χ4n) is 3.36. The first kappa shape index (κ1) is 15.4. The van der Waals surface area contributed by atoms with E-state index in [-0.39, 0.29) is 5.82 Å². The third kappa shape index (κ3) is 2.53. The van der Waals surface area contributed by atoms with Gasteiger partial charge in [-0.3, -0.25) is 0 Å². The molecule has 3 aromatic heterocycles. The number of benzene rings is 1. The molecule has 4 heterocycles. The first-order valence-electron chi connectivity index (χ1n) is 8.42. The zero-order valence-electron chi connectivity index (χ0n) is 13.8. The molecule has 0 bridgehead atoms. The van der Waals surface area contributed by atoms with Crippen molar-refractivity contribution in [2.24, 2.45) is 0 Å². The third-order valence-corrected chi connectivity index (χ3v) is 5.51. The lowest BCUT2D eigenvalue weighted by atomic mass is 10.1. The van der Waals surface area contributed by atoms with E-state index in [1.807, 2.05) is 5.38 Å². The van der Waals surface area contributed by atoms with E-state index in [1.54, 1.807) is 29.8 Å². The quantitative estimate of drug-likeness (QED) is 0.597. The van der Waals surface area contributed by atoms with Crippen LogP contribution in [0.2, 0.25) is 0 Å². The fraction of sp³-hybridized carbons (Fsp3) is 0.222. The number of anilines is 1. The minimum Gasteiger partial charge on any atom is -0.362 e. The number of rotatable bonds is 4. The molecule has 130 valence electrons. The fourth-order valence-corrected chi connectivity index (χ4v) is 4.27. The van der Waals surface area contributed by atoms with E-state index in [1.165, 1.54) is 12.1 Å². The van der Waals surface area contributed by atoms with Gasteiger partial charge in [-0.1, -0.05) is 12.1 Å². The van der Waals surface area contributed by atoms with Crippen LogP contribution in [0.4, 0.5) is 10.2 Å². The van der Waals surface area contributed by atoms with Crippen molar-refractivity contribution in [1.29, 1.82) is 0 Å². The molecule has 0 fully saturated rings. The van der Waals surface area contributed by atoms with Crippen LogP contribution in [-0.2, 0) is 19.5 Å². The highest BCUT2D eigenvalue weighted by Gasteiger charge is 2.18. The number of nitrogens with zero attached hydrogens (tertiary/aromatic N) is 5. The number of aryl methyl sites for hydroxylation is 1. The lowest BCUT2D eigenvalue weighted by Crippen LogP contribution is -2.08. The summed E-state index contributed by atoms with van der Waals surface area (Å²) in [5.74, 6) is 2.48. The second kappa shape index (κ2) is 6.14. The molecule has 1 aliphatic heterocycles. The van der Waals surface area contributed by atoms with Gasteiger partial charge in [-0.15, -0.1) is 21.5 Å². The van der Waals surface area contributed by atoms with Gasteiger partial charge in [0.2, 0.25) is 0 Å². The highest BCUT2D eigenvalue weighted by atomic mass is 32.1. The van der Waals surface area contributed by atoms with Gasteiger partial charge in [-0.05, 0) is 24.1 Å². The molecule has 0 unspecified atom stereocenters. The highest BCUT2D eigenvalue weighted by Crippen LogP contribution is 2.36. The van der Waals surface area contributed by atoms with E-state index in [0.717, 1.165) is 58.2 Å².